The smallest absolute Gasteiger partial charge is 0.390 e. The standard InChI is InChI=1S/C20H24F3NO2/c1-12-5-13(3-4-16(12)20(21,22)23)14-8-19(9-14)10-24(11-19)17(25)15-6-18(2,26)7-15/h3-5,14-15,26H,6-11H2,1-2H3. The fraction of sp³-hybridized carbons (Fsp3) is 0.650. The number of amides is 1. The molecule has 26 heavy (non-hydrogen) atoms. The fourth-order valence-corrected chi connectivity index (χ4v) is 5.09. The van der Waals surface area contributed by atoms with E-state index in [4.69, 9.17) is 0 Å². The van der Waals surface area contributed by atoms with Gasteiger partial charge in [0.1, 0.15) is 0 Å². The van der Waals surface area contributed by atoms with Crippen LogP contribution in [0.2, 0.25) is 0 Å². The molecule has 1 heterocycles. The molecule has 1 aromatic carbocycles. The van der Waals surface area contributed by atoms with E-state index in [-0.39, 0.29) is 28.7 Å². The van der Waals surface area contributed by atoms with Gasteiger partial charge >= 0.3 is 6.18 Å². The highest BCUT2D eigenvalue weighted by molar-refractivity contribution is 5.81. The lowest BCUT2D eigenvalue weighted by atomic mass is 9.55. The van der Waals surface area contributed by atoms with E-state index < -0.39 is 17.3 Å². The fourth-order valence-electron chi connectivity index (χ4n) is 5.09. The summed E-state index contributed by atoms with van der Waals surface area (Å²) in [6.45, 7) is 4.77. The van der Waals surface area contributed by atoms with Crippen molar-refractivity contribution >= 4 is 5.91 Å². The van der Waals surface area contributed by atoms with Gasteiger partial charge < -0.3 is 10.0 Å². The zero-order valence-corrected chi connectivity index (χ0v) is 15.1. The normalized spacial score (nSPS) is 30.5. The Hall–Kier alpha value is -1.56. The number of hydrogen-bond acceptors (Lipinski definition) is 2. The van der Waals surface area contributed by atoms with E-state index in [1.165, 1.54) is 13.0 Å². The van der Waals surface area contributed by atoms with Gasteiger partial charge in [-0.1, -0.05) is 12.1 Å². The van der Waals surface area contributed by atoms with Crippen molar-refractivity contribution < 1.29 is 23.1 Å². The number of hydrogen-bond donors (Lipinski definition) is 1. The van der Waals surface area contributed by atoms with Gasteiger partial charge in [-0.15, -0.1) is 0 Å². The summed E-state index contributed by atoms with van der Waals surface area (Å²) >= 11 is 0. The molecule has 3 aliphatic rings. The molecule has 3 nitrogen and oxygen atoms in total. The van der Waals surface area contributed by atoms with Gasteiger partial charge in [0.25, 0.3) is 0 Å². The molecule has 1 aromatic rings. The lowest BCUT2D eigenvalue weighted by Crippen LogP contribution is -2.65. The Kier molecular flexibility index (Phi) is 3.75. The van der Waals surface area contributed by atoms with Crippen molar-refractivity contribution in [3.63, 3.8) is 0 Å². The summed E-state index contributed by atoms with van der Waals surface area (Å²) in [5, 5.41) is 9.78. The predicted octanol–water partition coefficient (Wildman–Crippen LogP) is 3.88. The Labute approximate surface area is 151 Å². The molecule has 6 heteroatoms. The van der Waals surface area contributed by atoms with Gasteiger partial charge in [0.15, 0.2) is 0 Å². The summed E-state index contributed by atoms with van der Waals surface area (Å²) in [6, 6.07) is 4.46. The Morgan fingerprint density at radius 3 is 2.31 bits per heavy atom. The SMILES string of the molecule is Cc1cc(C2CC3(C2)CN(C(=O)C2CC(C)(O)C2)C3)ccc1C(F)(F)F. The number of aliphatic hydroxyl groups is 1. The number of rotatable bonds is 2. The molecule has 1 spiro atoms. The van der Waals surface area contributed by atoms with Crippen molar-refractivity contribution in [2.45, 2.75) is 57.2 Å². The molecular weight excluding hydrogens is 343 g/mol. The quantitative estimate of drug-likeness (QED) is 0.862. The van der Waals surface area contributed by atoms with Crippen LogP contribution in [0.5, 0.6) is 0 Å². The number of carbonyl (C=O) groups excluding carboxylic acids is 1. The molecule has 3 fully saturated rings. The number of carbonyl (C=O) groups is 1. The van der Waals surface area contributed by atoms with E-state index in [0.29, 0.717) is 12.8 Å². The van der Waals surface area contributed by atoms with Crippen molar-refractivity contribution in [1.82, 2.24) is 4.90 Å². The highest BCUT2D eigenvalue weighted by Crippen LogP contribution is 2.57. The van der Waals surface area contributed by atoms with Crippen LogP contribution in [0.3, 0.4) is 0 Å². The van der Waals surface area contributed by atoms with Crippen LogP contribution < -0.4 is 0 Å². The molecule has 2 aliphatic carbocycles. The molecule has 0 bridgehead atoms. The van der Waals surface area contributed by atoms with E-state index in [1.807, 2.05) is 4.90 Å². The van der Waals surface area contributed by atoms with Crippen LogP contribution in [0.4, 0.5) is 13.2 Å². The van der Waals surface area contributed by atoms with Gasteiger partial charge in [0.2, 0.25) is 5.91 Å². The van der Waals surface area contributed by atoms with Crippen LogP contribution in [-0.2, 0) is 11.0 Å². The molecule has 1 N–H and O–H groups in total. The lowest BCUT2D eigenvalue weighted by molar-refractivity contribution is -0.168. The molecule has 142 valence electrons. The van der Waals surface area contributed by atoms with Gasteiger partial charge in [0, 0.05) is 24.4 Å². The molecule has 2 saturated carbocycles. The minimum atomic E-state index is -4.30. The average molecular weight is 367 g/mol. The highest BCUT2D eigenvalue weighted by atomic mass is 19.4. The molecule has 0 radical (unpaired) electrons. The maximum absolute atomic E-state index is 12.9. The lowest BCUT2D eigenvalue weighted by Gasteiger charge is -2.60. The van der Waals surface area contributed by atoms with Crippen molar-refractivity contribution in [3.05, 3.63) is 34.9 Å². The second-order valence-electron chi connectivity index (χ2n) is 8.97. The third kappa shape index (κ3) is 2.92. The summed E-state index contributed by atoms with van der Waals surface area (Å²) in [4.78, 5) is 14.2. The molecular formula is C20H24F3NO2. The molecule has 1 amide bonds. The second kappa shape index (κ2) is 5.47. The van der Waals surface area contributed by atoms with E-state index in [9.17, 15) is 23.1 Å². The Bertz CT molecular complexity index is 734. The first kappa shape index (κ1) is 17.8. The van der Waals surface area contributed by atoms with Crippen LogP contribution in [0.1, 0.15) is 55.2 Å². The van der Waals surface area contributed by atoms with E-state index in [0.717, 1.165) is 31.5 Å². The van der Waals surface area contributed by atoms with Crippen LogP contribution in [0, 0.1) is 18.3 Å². The monoisotopic (exact) mass is 367 g/mol. The van der Waals surface area contributed by atoms with Crippen LogP contribution in [0.25, 0.3) is 0 Å². The zero-order chi connectivity index (χ0) is 18.9. The Morgan fingerprint density at radius 2 is 1.81 bits per heavy atom. The van der Waals surface area contributed by atoms with Gasteiger partial charge in [-0.25, -0.2) is 0 Å². The predicted molar refractivity (Wildman–Crippen MR) is 90.5 cm³/mol. The summed E-state index contributed by atoms with van der Waals surface area (Å²) in [7, 11) is 0. The minimum absolute atomic E-state index is 0.0456. The Morgan fingerprint density at radius 1 is 1.19 bits per heavy atom. The topological polar surface area (TPSA) is 40.5 Å². The van der Waals surface area contributed by atoms with Gasteiger partial charge in [0.05, 0.1) is 11.2 Å². The first-order valence-electron chi connectivity index (χ1n) is 9.17. The Balaban J connectivity index is 1.31. The van der Waals surface area contributed by atoms with Crippen molar-refractivity contribution in [3.8, 4) is 0 Å². The summed E-state index contributed by atoms with van der Waals surface area (Å²) < 4.78 is 38.6. The summed E-state index contributed by atoms with van der Waals surface area (Å²) in [6.07, 6.45) is -1.34. The molecule has 0 atom stereocenters. The first-order chi connectivity index (χ1) is 12.0. The van der Waals surface area contributed by atoms with Gasteiger partial charge in [-0.3, -0.25) is 4.79 Å². The number of nitrogens with zero attached hydrogens (tertiary/aromatic N) is 1. The molecule has 1 saturated heterocycles. The van der Waals surface area contributed by atoms with Crippen molar-refractivity contribution in [2.75, 3.05) is 13.1 Å². The van der Waals surface area contributed by atoms with Gasteiger partial charge in [-0.05, 0) is 62.6 Å². The van der Waals surface area contributed by atoms with Crippen LogP contribution in [-0.4, -0.2) is 34.6 Å². The highest BCUT2D eigenvalue weighted by Gasteiger charge is 2.56. The third-order valence-electron chi connectivity index (χ3n) is 6.47. The number of benzene rings is 1. The van der Waals surface area contributed by atoms with E-state index >= 15 is 0 Å². The van der Waals surface area contributed by atoms with Gasteiger partial charge in [-0.2, -0.15) is 13.2 Å². The van der Waals surface area contributed by atoms with Crippen LogP contribution in [0.15, 0.2) is 18.2 Å². The third-order valence-corrected chi connectivity index (χ3v) is 6.47. The second-order valence-corrected chi connectivity index (χ2v) is 8.97. The average Bonchev–Trinajstić information content (AvgIpc) is 2.40. The van der Waals surface area contributed by atoms with Crippen molar-refractivity contribution in [2.24, 2.45) is 11.3 Å². The van der Waals surface area contributed by atoms with Crippen LogP contribution >= 0.6 is 0 Å². The summed E-state index contributed by atoms with van der Waals surface area (Å²) in [5.41, 5.74) is 0.153. The number of likely N-dealkylation sites (tertiary alicyclic amines) is 1. The van der Waals surface area contributed by atoms with E-state index in [1.54, 1.807) is 19.1 Å². The van der Waals surface area contributed by atoms with E-state index in [2.05, 4.69) is 0 Å². The van der Waals surface area contributed by atoms with Crippen molar-refractivity contribution in [1.29, 1.82) is 0 Å². The molecule has 4 rings (SSSR count). The first-order valence-corrected chi connectivity index (χ1v) is 9.17. The number of aryl methyl sites for hydroxylation is 1. The summed E-state index contributed by atoms with van der Waals surface area (Å²) in [5.74, 6) is 0.393. The maximum Gasteiger partial charge on any atom is 0.416 e. The largest absolute Gasteiger partial charge is 0.416 e. The molecule has 0 unspecified atom stereocenters. The molecule has 0 aromatic heterocycles. The molecule has 1 aliphatic heterocycles. The number of halogens is 3. The zero-order valence-electron chi connectivity index (χ0n) is 15.1. The maximum atomic E-state index is 12.9. The number of alkyl halides is 3. The minimum Gasteiger partial charge on any atom is -0.390 e.